The van der Waals surface area contributed by atoms with Gasteiger partial charge in [-0.05, 0) is 76.9 Å². The number of rotatable bonds is 6. The molecule has 1 fully saturated rings. The van der Waals surface area contributed by atoms with E-state index in [9.17, 15) is 10.0 Å². The van der Waals surface area contributed by atoms with E-state index in [1.54, 1.807) is 0 Å². The standard InChI is InChI=1S/C29H35N2O2P.ClH.H2O/c1-28(2)20-23(21-29(3,4)31(28)33)30-27(32)22-34(24-14-8-5-9-15-24,25-16-10-6-11-17-25)26-18-12-7-13-19-26;;/h5-19,23,33H,20-22H2,1-4H3;1H;1H2. The van der Waals surface area contributed by atoms with Crippen LogP contribution in [0.4, 0.5) is 0 Å². The van der Waals surface area contributed by atoms with E-state index in [1.807, 2.05) is 45.9 Å². The van der Waals surface area contributed by atoms with Crippen molar-refractivity contribution in [2.45, 2.75) is 57.7 Å². The number of carbonyl (C=O) groups excluding carboxylic acids is 1. The van der Waals surface area contributed by atoms with Crippen molar-refractivity contribution in [2.24, 2.45) is 0 Å². The molecule has 0 bridgehead atoms. The molecule has 3 aromatic carbocycles. The van der Waals surface area contributed by atoms with Crippen molar-refractivity contribution in [3.05, 3.63) is 91.0 Å². The van der Waals surface area contributed by atoms with Gasteiger partial charge in [0.05, 0.1) is 0 Å². The summed E-state index contributed by atoms with van der Waals surface area (Å²) in [6, 6.07) is 31.5. The molecule has 36 heavy (non-hydrogen) atoms. The third kappa shape index (κ3) is 5.99. The molecule has 194 valence electrons. The lowest BCUT2D eigenvalue weighted by molar-refractivity contribution is -0.246. The molecule has 1 heterocycles. The Balaban J connectivity index is 0.00000228. The second-order valence-electron chi connectivity index (χ2n) is 10.6. The van der Waals surface area contributed by atoms with E-state index in [0.29, 0.717) is 19.0 Å². The van der Waals surface area contributed by atoms with E-state index in [0.717, 1.165) is 0 Å². The fraction of sp³-hybridized carbons (Fsp3) is 0.345. The lowest BCUT2D eigenvalue weighted by Crippen LogP contribution is -3.00. The summed E-state index contributed by atoms with van der Waals surface area (Å²) >= 11 is 0. The molecule has 0 aliphatic carbocycles. The molecule has 1 saturated heterocycles. The van der Waals surface area contributed by atoms with Crippen LogP contribution in [0.3, 0.4) is 0 Å². The molecular weight excluding hydrogens is 491 g/mol. The Bertz CT molecular complexity index is 996. The number of hydrogen-bond donors (Lipinski definition) is 2. The molecule has 1 aliphatic rings. The number of carbonyl (C=O) groups is 1. The maximum Gasteiger partial charge on any atom is 0.259 e. The molecule has 0 radical (unpaired) electrons. The van der Waals surface area contributed by atoms with Crippen LogP contribution in [0, 0.1) is 0 Å². The van der Waals surface area contributed by atoms with Crippen molar-refractivity contribution in [3.63, 3.8) is 0 Å². The largest absolute Gasteiger partial charge is 1.00 e. The number of hydroxylamine groups is 2. The highest BCUT2D eigenvalue weighted by Crippen LogP contribution is 2.55. The third-order valence-corrected chi connectivity index (χ3v) is 11.3. The molecule has 0 aromatic heterocycles. The van der Waals surface area contributed by atoms with Gasteiger partial charge in [0.2, 0.25) is 0 Å². The number of nitrogens with one attached hydrogen (secondary N) is 1. The van der Waals surface area contributed by atoms with Crippen LogP contribution in [-0.4, -0.2) is 44.9 Å². The summed E-state index contributed by atoms with van der Waals surface area (Å²) in [6.07, 6.45) is 1.81. The Hall–Kier alpha value is -2.27. The quantitative estimate of drug-likeness (QED) is 0.462. The predicted molar refractivity (Wildman–Crippen MR) is 147 cm³/mol. The van der Waals surface area contributed by atoms with Crippen LogP contribution in [0.2, 0.25) is 0 Å². The summed E-state index contributed by atoms with van der Waals surface area (Å²) in [7, 11) is -2.23. The molecule has 4 rings (SSSR count). The van der Waals surface area contributed by atoms with Crippen molar-refractivity contribution >= 4 is 29.1 Å². The smallest absolute Gasteiger partial charge is 0.259 e. The summed E-state index contributed by atoms with van der Waals surface area (Å²) in [5.41, 5.74) is -0.825. The van der Waals surface area contributed by atoms with Crippen molar-refractivity contribution in [2.75, 3.05) is 6.16 Å². The Morgan fingerprint density at radius 1 is 0.806 bits per heavy atom. The molecule has 0 saturated carbocycles. The van der Waals surface area contributed by atoms with Gasteiger partial charge in [-0.15, -0.1) is 0 Å². The molecule has 1 amide bonds. The average molecular weight is 529 g/mol. The second-order valence-corrected chi connectivity index (χ2v) is 14.1. The zero-order valence-corrected chi connectivity index (χ0v) is 23.1. The highest BCUT2D eigenvalue weighted by molar-refractivity contribution is 7.96. The maximum absolute atomic E-state index is 13.8. The van der Waals surface area contributed by atoms with Crippen LogP contribution in [0.1, 0.15) is 40.5 Å². The van der Waals surface area contributed by atoms with Gasteiger partial charge in [-0.25, -0.2) is 0 Å². The van der Waals surface area contributed by atoms with Crippen LogP contribution < -0.4 is 33.6 Å². The first-order valence-corrected chi connectivity index (χ1v) is 14.0. The molecule has 4 N–H and O–H groups in total. The van der Waals surface area contributed by atoms with E-state index >= 15 is 0 Å². The fourth-order valence-electron chi connectivity index (χ4n) is 5.63. The summed E-state index contributed by atoms with van der Waals surface area (Å²) in [6.45, 7) is 8.12. The van der Waals surface area contributed by atoms with Crippen LogP contribution >= 0.6 is 7.26 Å². The number of benzene rings is 3. The molecule has 0 atom stereocenters. The van der Waals surface area contributed by atoms with Gasteiger partial charge < -0.3 is 28.4 Å². The van der Waals surface area contributed by atoms with Crippen molar-refractivity contribution in [1.29, 1.82) is 0 Å². The van der Waals surface area contributed by atoms with Gasteiger partial charge in [0.25, 0.3) is 5.91 Å². The van der Waals surface area contributed by atoms with Crippen LogP contribution in [0.5, 0.6) is 0 Å². The maximum atomic E-state index is 13.8. The fourth-order valence-corrected chi connectivity index (χ4v) is 9.64. The van der Waals surface area contributed by atoms with E-state index in [-0.39, 0.29) is 29.8 Å². The number of amides is 1. The van der Waals surface area contributed by atoms with E-state index < -0.39 is 18.3 Å². The van der Waals surface area contributed by atoms with Gasteiger partial charge in [0.15, 0.2) is 6.16 Å². The summed E-state index contributed by atoms with van der Waals surface area (Å²) in [5, 5.41) is 19.1. The number of piperidine rings is 1. The number of hydrogen-bond acceptors (Lipinski definition) is 3. The van der Waals surface area contributed by atoms with Gasteiger partial charge >= 0.3 is 0 Å². The van der Waals surface area contributed by atoms with Crippen LogP contribution in [0.15, 0.2) is 91.0 Å². The minimum absolute atomic E-state index is 0. The summed E-state index contributed by atoms with van der Waals surface area (Å²) in [4.78, 5) is 13.8. The Labute approximate surface area is 221 Å². The van der Waals surface area contributed by atoms with Gasteiger partial charge in [0.1, 0.15) is 23.2 Å². The van der Waals surface area contributed by atoms with Gasteiger partial charge in [-0.1, -0.05) is 54.6 Å². The monoisotopic (exact) mass is 528 g/mol. The lowest BCUT2D eigenvalue weighted by atomic mass is 9.79. The van der Waals surface area contributed by atoms with Crippen LogP contribution in [-0.2, 0) is 4.79 Å². The predicted octanol–water partition coefficient (Wildman–Crippen LogP) is 0.687. The Kier molecular flexibility index (Phi) is 9.86. The van der Waals surface area contributed by atoms with Gasteiger partial charge in [-0.2, -0.15) is 5.06 Å². The molecule has 3 aromatic rings. The minimum Gasteiger partial charge on any atom is -1.00 e. The first kappa shape index (κ1) is 30.0. The number of halogens is 1. The molecule has 5 nitrogen and oxygen atoms in total. The molecule has 0 unspecified atom stereocenters. The van der Waals surface area contributed by atoms with Gasteiger partial charge in [-0.3, -0.25) is 4.79 Å². The van der Waals surface area contributed by atoms with E-state index in [1.165, 1.54) is 21.0 Å². The zero-order chi connectivity index (χ0) is 24.4. The number of nitrogens with zero attached hydrogens (tertiary/aromatic N) is 1. The molecular formula is C29H38ClN2O3P. The lowest BCUT2D eigenvalue weighted by Gasteiger charge is -2.51. The summed E-state index contributed by atoms with van der Waals surface area (Å²) < 4.78 is 0. The molecule has 1 aliphatic heterocycles. The summed E-state index contributed by atoms with van der Waals surface area (Å²) in [5.74, 6) is 0.0629. The SMILES string of the molecule is CC1(C)CC(NC(=O)C[P+](c2ccccc2)(c2ccccc2)c2ccccc2)CC(C)(C)N1O.O.[Cl-]. The van der Waals surface area contributed by atoms with Gasteiger partial charge in [0, 0.05) is 17.1 Å². The molecule has 0 spiro atoms. The Morgan fingerprint density at radius 3 is 1.47 bits per heavy atom. The first-order chi connectivity index (χ1) is 16.1. The zero-order valence-electron chi connectivity index (χ0n) is 21.5. The first-order valence-electron chi connectivity index (χ1n) is 12.0. The highest BCUT2D eigenvalue weighted by atomic mass is 35.5. The third-order valence-electron chi connectivity index (χ3n) is 6.98. The van der Waals surface area contributed by atoms with Crippen molar-refractivity contribution in [3.8, 4) is 0 Å². The van der Waals surface area contributed by atoms with E-state index in [2.05, 4.69) is 78.1 Å². The van der Waals surface area contributed by atoms with E-state index in [4.69, 9.17) is 0 Å². The minimum atomic E-state index is -2.23. The second kappa shape index (κ2) is 11.9. The average Bonchev–Trinajstić information content (AvgIpc) is 2.82. The normalized spacial score (nSPS) is 17.4. The van der Waals surface area contributed by atoms with Crippen LogP contribution in [0.25, 0.3) is 0 Å². The van der Waals surface area contributed by atoms with Crippen molar-refractivity contribution in [1.82, 2.24) is 10.4 Å². The van der Waals surface area contributed by atoms with Crippen molar-refractivity contribution < 1.29 is 27.9 Å². The molecule has 7 heteroatoms. The Morgan fingerprint density at radius 2 is 1.14 bits per heavy atom. The highest BCUT2D eigenvalue weighted by Gasteiger charge is 2.49. The topological polar surface area (TPSA) is 84.1 Å².